The van der Waals surface area contributed by atoms with Crippen LogP contribution in [-0.4, -0.2) is 38.4 Å². The smallest absolute Gasteiger partial charge is 0.324 e. The molecule has 1 atom stereocenters. The molecule has 3 N–H and O–H groups in total. The molecule has 0 aliphatic heterocycles. The Bertz CT molecular complexity index is 1640. The van der Waals surface area contributed by atoms with Crippen molar-refractivity contribution in [3.8, 4) is 16.9 Å². The molecule has 11 heteroatoms. The van der Waals surface area contributed by atoms with Gasteiger partial charge in [0.2, 0.25) is 10.0 Å². The molecule has 3 aromatic rings. The molecular weight excluding hydrogens is 561 g/mol. The third-order valence-electron chi connectivity index (χ3n) is 6.50. The van der Waals surface area contributed by atoms with E-state index in [-0.39, 0.29) is 11.5 Å². The van der Waals surface area contributed by atoms with Gasteiger partial charge in [-0.05, 0) is 52.8 Å². The maximum Gasteiger partial charge on any atom is 0.324 e. The first-order valence-corrected chi connectivity index (χ1v) is 15.2. The number of ether oxygens (including phenoxy) is 2. The number of hydrogen-bond acceptors (Lipinski definition) is 7. The monoisotopic (exact) mass is 599 g/mol. The van der Waals surface area contributed by atoms with Crippen molar-refractivity contribution in [2.24, 2.45) is 11.7 Å². The summed E-state index contributed by atoms with van der Waals surface area (Å²) >= 11 is 0. The number of hydrogen-bond donors (Lipinski definition) is 2. The van der Waals surface area contributed by atoms with Gasteiger partial charge in [0.05, 0.1) is 18.9 Å². The first kappa shape index (κ1) is 32.6. The van der Waals surface area contributed by atoms with Crippen molar-refractivity contribution in [3.05, 3.63) is 81.5 Å². The Morgan fingerprint density at radius 2 is 1.76 bits per heavy atom. The zero-order chi connectivity index (χ0) is 31.4. The van der Waals surface area contributed by atoms with Gasteiger partial charge in [-0.25, -0.2) is 12.8 Å². The van der Waals surface area contributed by atoms with Crippen molar-refractivity contribution in [1.82, 2.24) is 4.57 Å². The number of aromatic nitrogens is 1. The molecule has 3 rings (SSSR count). The molecule has 0 amide bonds. The van der Waals surface area contributed by atoms with Crippen LogP contribution in [0.3, 0.4) is 0 Å². The number of nitrogens with two attached hydrogens (primary N) is 1. The van der Waals surface area contributed by atoms with Gasteiger partial charge in [-0.1, -0.05) is 58.9 Å². The standard InChI is InChI=1S/C31H38FN3O6S/c1-19(2)27(33)30(37)41-18-35-17-23(32)16-25(29(35)36)22-14-21(28(40-6)26(15-22)31(3,4)5)11-8-20-9-12-24(13-10-20)34-42(7,38)39/h8-17,19,27,34H,18,33H2,1-7H3/t27-/m0/s1. The van der Waals surface area contributed by atoms with Crippen molar-refractivity contribution in [2.75, 3.05) is 18.1 Å². The molecule has 0 fully saturated rings. The summed E-state index contributed by atoms with van der Waals surface area (Å²) < 4.78 is 52.2. The zero-order valence-electron chi connectivity index (χ0n) is 24.9. The lowest BCUT2D eigenvalue weighted by Crippen LogP contribution is -2.38. The Morgan fingerprint density at radius 1 is 1.12 bits per heavy atom. The summed E-state index contributed by atoms with van der Waals surface area (Å²) in [5.74, 6) is -0.941. The second kappa shape index (κ2) is 12.9. The highest BCUT2D eigenvalue weighted by Crippen LogP contribution is 2.38. The van der Waals surface area contributed by atoms with E-state index in [9.17, 15) is 22.4 Å². The number of esters is 1. The van der Waals surface area contributed by atoms with E-state index in [2.05, 4.69) is 4.72 Å². The van der Waals surface area contributed by atoms with Gasteiger partial charge in [-0.2, -0.15) is 0 Å². The predicted molar refractivity (Wildman–Crippen MR) is 164 cm³/mol. The fraction of sp³-hybridized carbons (Fsp3) is 0.355. The second-order valence-electron chi connectivity index (χ2n) is 11.4. The summed E-state index contributed by atoms with van der Waals surface area (Å²) in [5.41, 5.74) is 8.07. The average Bonchev–Trinajstić information content (AvgIpc) is 2.90. The highest BCUT2D eigenvalue weighted by molar-refractivity contribution is 7.92. The number of benzene rings is 2. The number of pyridine rings is 1. The van der Waals surface area contributed by atoms with Gasteiger partial charge >= 0.3 is 5.97 Å². The molecule has 1 aromatic heterocycles. The molecule has 0 spiro atoms. The van der Waals surface area contributed by atoms with Crippen LogP contribution < -0.4 is 20.8 Å². The van der Waals surface area contributed by atoms with E-state index in [1.165, 1.54) is 0 Å². The number of nitrogens with zero attached hydrogens (tertiary/aromatic N) is 1. The lowest BCUT2D eigenvalue weighted by Gasteiger charge is -2.25. The minimum absolute atomic E-state index is 0.0817. The predicted octanol–water partition coefficient (Wildman–Crippen LogP) is 4.99. The van der Waals surface area contributed by atoms with Crippen LogP contribution in [0.2, 0.25) is 0 Å². The topological polar surface area (TPSA) is 130 Å². The van der Waals surface area contributed by atoms with Gasteiger partial charge in [-0.3, -0.25) is 18.9 Å². The molecule has 0 saturated carbocycles. The molecule has 0 unspecified atom stereocenters. The zero-order valence-corrected chi connectivity index (χ0v) is 25.7. The molecule has 0 bridgehead atoms. The lowest BCUT2D eigenvalue weighted by atomic mass is 9.83. The van der Waals surface area contributed by atoms with Gasteiger partial charge in [0.15, 0.2) is 6.73 Å². The molecule has 1 heterocycles. The minimum atomic E-state index is -3.40. The number of nitrogens with one attached hydrogen (secondary N) is 1. The van der Waals surface area contributed by atoms with Crippen molar-refractivity contribution in [2.45, 2.75) is 52.8 Å². The maximum absolute atomic E-state index is 14.8. The van der Waals surface area contributed by atoms with Gasteiger partial charge in [0, 0.05) is 23.0 Å². The number of halogens is 1. The van der Waals surface area contributed by atoms with E-state index < -0.39 is 45.6 Å². The van der Waals surface area contributed by atoms with E-state index in [0.717, 1.165) is 34.2 Å². The fourth-order valence-electron chi connectivity index (χ4n) is 4.18. The second-order valence-corrected chi connectivity index (χ2v) is 13.2. The van der Waals surface area contributed by atoms with Crippen LogP contribution in [0, 0.1) is 11.7 Å². The van der Waals surface area contributed by atoms with E-state index >= 15 is 0 Å². The third-order valence-corrected chi connectivity index (χ3v) is 7.11. The van der Waals surface area contributed by atoms with E-state index in [1.54, 1.807) is 57.4 Å². The average molecular weight is 600 g/mol. The summed E-state index contributed by atoms with van der Waals surface area (Å²) in [6.07, 6.45) is 5.69. The number of anilines is 1. The van der Waals surface area contributed by atoms with Crippen molar-refractivity contribution < 1.29 is 27.1 Å². The first-order valence-electron chi connectivity index (χ1n) is 13.3. The van der Waals surface area contributed by atoms with Gasteiger partial charge in [0.1, 0.15) is 17.6 Å². The Kier molecular flexibility index (Phi) is 10.0. The Hall–Kier alpha value is -3.96. The lowest BCUT2D eigenvalue weighted by molar-refractivity contribution is -0.150. The van der Waals surface area contributed by atoms with E-state index in [4.69, 9.17) is 15.2 Å². The summed E-state index contributed by atoms with van der Waals surface area (Å²) in [6, 6.07) is 10.6. The molecule has 0 radical (unpaired) electrons. The minimum Gasteiger partial charge on any atom is -0.496 e. The van der Waals surface area contributed by atoms with Crippen LogP contribution in [0.1, 0.15) is 51.3 Å². The Labute approximate surface area is 246 Å². The van der Waals surface area contributed by atoms with E-state index in [1.807, 2.05) is 32.9 Å². The van der Waals surface area contributed by atoms with Crippen molar-refractivity contribution in [3.63, 3.8) is 0 Å². The molecule has 42 heavy (non-hydrogen) atoms. The molecular formula is C31H38FN3O6S. The number of rotatable bonds is 10. The summed E-state index contributed by atoms with van der Waals surface area (Å²) in [7, 11) is -1.84. The fourth-order valence-corrected chi connectivity index (χ4v) is 4.75. The molecule has 226 valence electrons. The van der Waals surface area contributed by atoms with Crippen LogP contribution >= 0.6 is 0 Å². The molecule has 2 aromatic carbocycles. The summed E-state index contributed by atoms with van der Waals surface area (Å²) in [5, 5.41) is 0. The quantitative estimate of drug-likeness (QED) is 0.248. The van der Waals surface area contributed by atoms with Crippen LogP contribution in [0.15, 0.2) is 53.5 Å². The number of carbonyl (C=O) groups excluding carboxylic acids is 1. The Morgan fingerprint density at radius 3 is 2.31 bits per heavy atom. The number of carbonyl (C=O) groups is 1. The van der Waals surface area contributed by atoms with Crippen molar-refractivity contribution >= 4 is 33.8 Å². The SMILES string of the molecule is COc1c(C=Cc2ccc(NS(C)(=O)=O)cc2)cc(-c2cc(F)cn(COC(=O)[C@@H](N)C(C)C)c2=O)cc1C(C)(C)C. The van der Waals surface area contributed by atoms with Crippen LogP contribution in [0.4, 0.5) is 10.1 Å². The van der Waals surface area contributed by atoms with Crippen LogP contribution in [0.25, 0.3) is 23.3 Å². The van der Waals surface area contributed by atoms with Crippen LogP contribution in [-0.2, 0) is 31.7 Å². The highest BCUT2D eigenvalue weighted by Gasteiger charge is 2.24. The molecule has 0 aliphatic carbocycles. The maximum atomic E-state index is 14.8. The van der Waals surface area contributed by atoms with Gasteiger partial charge < -0.3 is 15.2 Å². The van der Waals surface area contributed by atoms with Gasteiger partial charge in [-0.15, -0.1) is 0 Å². The molecule has 9 nitrogen and oxygen atoms in total. The number of sulfonamides is 1. The summed E-state index contributed by atoms with van der Waals surface area (Å²) in [6.45, 7) is 9.05. The van der Waals surface area contributed by atoms with Crippen molar-refractivity contribution in [1.29, 1.82) is 0 Å². The molecule has 0 aliphatic rings. The van der Waals surface area contributed by atoms with E-state index in [0.29, 0.717) is 22.6 Å². The normalized spacial score (nSPS) is 12.9. The third kappa shape index (κ3) is 8.29. The van der Waals surface area contributed by atoms with Gasteiger partial charge in [0.25, 0.3) is 5.56 Å². The van der Waals surface area contributed by atoms with Crippen LogP contribution in [0.5, 0.6) is 5.75 Å². The number of methoxy groups -OCH3 is 1. The molecule has 0 saturated heterocycles. The largest absolute Gasteiger partial charge is 0.496 e. The first-order chi connectivity index (χ1) is 19.5. The Balaban J connectivity index is 2.08. The highest BCUT2D eigenvalue weighted by atomic mass is 32.2. The summed E-state index contributed by atoms with van der Waals surface area (Å²) in [4.78, 5) is 25.7.